The minimum Gasteiger partial charge on any atom is -0.365 e. The van der Waals surface area contributed by atoms with E-state index in [0.29, 0.717) is 13.2 Å². The van der Waals surface area contributed by atoms with Gasteiger partial charge in [-0.15, -0.1) is 5.10 Å². The van der Waals surface area contributed by atoms with Crippen LogP contribution in [0.1, 0.15) is 30.3 Å². The summed E-state index contributed by atoms with van der Waals surface area (Å²) < 4.78 is 9.29. The average Bonchev–Trinajstić information content (AvgIpc) is 2.85. The van der Waals surface area contributed by atoms with Gasteiger partial charge in [0.1, 0.15) is 5.60 Å². The van der Waals surface area contributed by atoms with Gasteiger partial charge in [0.25, 0.3) is 5.91 Å². The molecule has 1 N–H and O–H groups in total. The Morgan fingerprint density at radius 1 is 1.69 bits per heavy atom. The first-order valence-corrected chi connectivity index (χ1v) is 6.09. The molecule has 1 fully saturated rings. The van der Waals surface area contributed by atoms with Crippen LogP contribution in [-0.2, 0) is 16.1 Å². The van der Waals surface area contributed by atoms with E-state index in [1.807, 2.05) is 13.8 Å². The molecule has 0 radical (unpaired) electrons. The molecule has 1 aromatic heterocycles. The molecule has 1 amide bonds. The summed E-state index contributed by atoms with van der Waals surface area (Å²) in [7, 11) is 0. The van der Waals surface area contributed by atoms with Crippen molar-refractivity contribution in [2.75, 3.05) is 6.61 Å². The van der Waals surface area contributed by atoms with Gasteiger partial charge < -0.3 is 10.1 Å². The van der Waals surface area contributed by atoms with E-state index in [-0.39, 0.29) is 5.91 Å². The van der Waals surface area contributed by atoms with Gasteiger partial charge >= 0.3 is 0 Å². The topological polar surface area (TPSA) is 64.1 Å². The Bertz CT molecular complexity index is 385. The van der Waals surface area contributed by atoms with Crippen molar-refractivity contribution < 1.29 is 9.53 Å². The number of nitrogens with zero attached hydrogens (tertiary/aromatic N) is 2. The second kappa shape index (κ2) is 4.47. The molecule has 1 aliphatic heterocycles. The van der Waals surface area contributed by atoms with Crippen molar-refractivity contribution in [1.82, 2.24) is 14.9 Å². The Morgan fingerprint density at radius 3 is 3.06 bits per heavy atom. The molecule has 0 saturated carbocycles. The average molecular weight is 241 g/mol. The minimum atomic E-state index is -0.647. The number of aryl methyl sites for hydroxylation is 1. The number of hydrogen-bond donors (Lipinski definition) is 1. The molecule has 88 valence electrons. The minimum absolute atomic E-state index is 0.0437. The summed E-state index contributed by atoms with van der Waals surface area (Å²) in [6, 6.07) is 0. The zero-order valence-corrected chi connectivity index (χ0v) is 10.3. The number of hydrogen-bond acceptors (Lipinski definition) is 5. The van der Waals surface area contributed by atoms with E-state index < -0.39 is 5.60 Å². The Kier molecular flexibility index (Phi) is 3.20. The maximum absolute atomic E-state index is 11.9. The number of carbonyl (C=O) groups is 1. The van der Waals surface area contributed by atoms with E-state index in [1.54, 1.807) is 0 Å². The molecule has 1 aromatic rings. The highest BCUT2D eigenvalue weighted by molar-refractivity contribution is 7.05. The number of amides is 1. The quantitative estimate of drug-likeness (QED) is 0.858. The molecule has 2 rings (SSSR count). The molecule has 5 nitrogen and oxygen atoms in total. The molecule has 16 heavy (non-hydrogen) atoms. The Balaban J connectivity index is 1.91. The maximum atomic E-state index is 11.9. The lowest BCUT2D eigenvalue weighted by molar-refractivity contribution is -0.139. The SMILES string of the molecule is Cc1nnsc1CNC(=O)[C@]1(C)CCCO1. The van der Waals surface area contributed by atoms with Crippen LogP contribution < -0.4 is 5.32 Å². The fraction of sp³-hybridized carbons (Fsp3) is 0.700. The van der Waals surface area contributed by atoms with Crippen molar-refractivity contribution in [3.8, 4) is 0 Å². The van der Waals surface area contributed by atoms with E-state index in [4.69, 9.17) is 4.74 Å². The second-order valence-electron chi connectivity index (χ2n) is 4.15. The van der Waals surface area contributed by atoms with E-state index >= 15 is 0 Å². The highest BCUT2D eigenvalue weighted by Crippen LogP contribution is 2.25. The maximum Gasteiger partial charge on any atom is 0.252 e. The Morgan fingerprint density at radius 2 is 2.50 bits per heavy atom. The summed E-state index contributed by atoms with van der Waals surface area (Å²) in [6.45, 7) is 4.89. The highest BCUT2D eigenvalue weighted by atomic mass is 32.1. The van der Waals surface area contributed by atoms with Crippen molar-refractivity contribution in [3.63, 3.8) is 0 Å². The van der Waals surface area contributed by atoms with E-state index in [0.717, 1.165) is 23.4 Å². The highest BCUT2D eigenvalue weighted by Gasteiger charge is 2.37. The third kappa shape index (κ3) is 2.22. The Hall–Kier alpha value is -1.01. The predicted molar refractivity (Wildman–Crippen MR) is 60.1 cm³/mol. The summed E-state index contributed by atoms with van der Waals surface area (Å²) in [4.78, 5) is 12.9. The van der Waals surface area contributed by atoms with Gasteiger partial charge in [-0.2, -0.15) is 0 Å². The second-order valence-corrected chi connectivity index (χ2v) is 4.99. The van der Waals surface area contributed by atoms with Crippen LogP contribution in [0.4, 0.5) is 0 Å². The summed E-state index contributed by atoms with van der Waals surface area (Å²) in [6.07, 6.45) is 1.74. The van der Waals surface area contributed by atoms with E-state index in [2.05, 4.69) is 14.9 Å². The molecule has 0 aliphatic carbocycles. The largest absolute Gasteiger partial charge is 0.365 e. The van der Waals surface area contributed by atoms with Crippen LogP contribution in [0, 0.1) is 6.92 Å². The van der Waals surface area contributed by atoms with Crippen LogP contribution in [-0.4, -0.2) is 27.7 Å². The predicted octanol–water partition coefficient (Wildman–Crippen LogP) is 1.03. The van der Waals surface area contributed by atoms with Gasteiger partial charge in [-0.05, 0) is 38.2 Å². The summed E-state index contributed by atoms with van der Waals surface area (Å²) in [5.74, 6) is -0.0437. The molecule has 0 aromatic carbocycles. The van der Waals surface area contributed by atoms with Crippen molar-refractivity contribution in [2.24, 2.45) is 0 Å². The van der Waals surface area contributed by atoms with Crippen molar-refractivity contribution in [3.05, 3.63) is 10.6 Å². The monoisotopic (exact) mass is 241 g/mol. The lowest BCUT2D eigenvalue weighted by Gasteiger charge is -2.21. The normalized spacial score (nSPS) is 24.6. The molecule has 1 aliphatic rings. The van der Waals surface area contributed by atoms with Crippen LogP contribution in [0.15, 0.2) is 0 Å². The van der Waals surface area contributed by atoms with Crippen LogP contribution in [0.2, 0.25) is 0 Å². The molecule has 1 saturated heterocycles. The first-order valence-electron chi connectivity index (χ1n) is 5.32. The number of carbonyl (C=O) groups excluding carboxylic acids is 1. The Labute approximate surface area is 98.4 Å². The van der Waals surface area contributed by atoms with Crippen molar-refractivity contribution in [1.29, 1.82) is 0 Å². The summed E-state index contributed by atoms with van der Waals surface area (Å²) in [5, 5.41) is 6.77. The van der Waals surface area contributed by atoms with Gasteiger partial charge in [-0.25, -0.2) is 0 Å². The van der Waals surface area contributed by atoms with Crippen LogP contribution >= 0.6 is 11.5 Å². The number of ether oxygens (including phenoxy) is 1. The number of rotatable bonds is 3. The zero-order chi connectivity index (χ0) is 11.6. The lowest BCUT2D eigenvalue weighted by atomic mass is 10.0. The lowest BCUT2D eigenvalue weighted by Crippen LogP contribution is -2.43. The molecular weight excluding hydrogens is 226 g/mol. The van der Waals surface area contributed by atoms with Crippen LogP contribution in [0.3, 0.4) is 0 Å². The number of aromatic nitrogens is 2. The molecule has 2 heterocycles. The van der Waals surface area contributed by atoms with Crippen LogP contribution in [0.25, 0.3) is 0 Å². The molecule has 6 heteroatoms. The molecule has 0 bridgehead atoms. The first kappa shape index (κ1) is 11.5. The van der Waals surface area contributed by atoms with Gasteiger partial charge in [-0.1, -0.05) is 4.49 Å². The van der Waals surface area contributed by atoms with Gasteiger partial charge in [0.05, 0.1) is 17.1 Å². The standard InChI is InChI=1S/C10H15N3O2S/c1-7-8(16-13-12-7)6-11-9(14)10(2)4-3-5-15-10/h3-6H2,1-2H3,(H,11,14)/t10-/m0/s1. The summed E-state index contributed by atoms with van der Waals surface area (Å²) in [5.41, 5.74) is 0.231. The molecule has 1 atom stereocenters. The molecule has 0 spiro atoms. The third-order valence-electron chi connectivity index (χ3n) is 2.85. The molecular formula is C10H15N3O2S. The van der Waals surface area contributed by atoms with Crippen LogP contribution in [0.5, 0.6) is 0 Å². The van der Waals surface area contributed by atoms with E-state index in [1.165, 1.54) is 11.5 Å². The zero-order valence-electron chi connectivity index (χ0n) is 9.45. The fourth-order valence-corrected chi connectivity index (χ4v) is 2.29. The van der Waals surface area contributed by atoms with E-state index in [9.17, 15) is 4.79 Å². The van der Waals surface area contributed by atoms with Gasteiger partial charge in [0, 0.05) is 6.61 Å². The van der Waals surface area contributed by atoms with Crippen molar-refractivity contribution >= 4 is 17.4 Å². The van der Waals surface area contributed by atoms with Gasteiger partial charge in [0.2, 0.25) is 0 Å². The van der Waals surface area contributed by atoms with Gasteiger partial charge in [0.15, 0.2) is 0 Å². The smallest absolute Gasteiger partial charge is 0.252 e. The fourth-order valence-electron chi connectivity index (χ4n) is 1.72. The molecule has 0 unspecified atom stereocenters. The number of nitrogens with one attached hydrogen (secondary N) is 1. The van der Waals surface area contributed by atoms with Crippen molar-refractivity contribution in [2.45, 2.75) is 38.8 Å². The third-order valence-corrected chi connectivity index (χ3v) is 3.68. The van der Waals surface area contributed by atoms with Gasteiger partial charge in [-0.3, -0.25) is 4.79 Å². The first-order chi connectivity index (χ1) is 7.62. The summed E-state index contributed by atoms with van der Waals surface area (Å²) >= 11 is 1.32.